The molecular formula is C18H16Cl2N2O4. The molecule has 0 unspecified atom stereocenters. The number of esters is 1. The van der Waals surface area contributed by atoms with Gasteiger partial charge in [-0.3, -0.25) is 14.4 Å². The van der Waals surface area contributed by atoms with Crippen LogP contribution in [0.15, 0.2) is 48.5 Å². The van der Waals surface area contributed by atoms with Crippen LogP contribution in [0.25, 0.3) is 0 Å². The summed E-state index contributed by atoms with van der Waals surface area (Å²) in [6, 6.07) is 13.4. The van der Waals surface area contributed by atoms with Crippen LogP contribution in [0, 0.1) is 0 Å². The van der Waals surface area contributed by atoms with Crippen LogP contribution in [0.1, 0.15) is 12.8 Å². The van der Waals surface area contributed by atoms with Crippen molar-refractivity contribution in [1.82, 2.24) is 0 Å². The van der Waals surface area contributed by atoms with Crippen LogP contribution < -0.4 is 10.6 Å². The first kappa shape index (κ1) is 19.8. The molecule has 2 aromatic carbocycles. The van der Waals surface area contributed by atoms with E-state index in [2.05, 4.69) is 10.6 Å². The highest BCUT2D eigenvalue weighted by molar-refractivity contribution is 6.36. The summed E-state index contributed by atoms with van der Waals surface area (Å²) in [5.74, 6) is -1.51. The molecule has 0 saturated heterocycles. The Bertz CT molecular complexity index is 797. The largest absolute Gasteiger partial charge is 0.456 e. The summed E-state index contributed by atoms with van der Waals surface area (Å²) in [7, 11) is 0. The first-order valence-corrected chi connectivity index (χ1v) is 8.45. The maximum Gasteiger partial charge on any atom is 0.306 e. The smallest absolute Gasteiger partial charge is 0.306 e. The van der Waals surface area contributed by atoms with Crippen molar-refractivity contribution in [3.63, 3.8) is 0 Å². The van der Waals surface area contributed by atoms with E-state index in [0.717, 1.165) is 0 Å². The van der Waals surface area contributed by atoms with E-state index in [-0.39, 0.29) is 12.8 Å². The predicted molar refractivity (Wildman–Crippen MR) is 100 cm³/mol. The second kappa shape index (κ2) is 9.79. The summed E-state index contributed by atoms with van der Waals surface area (Å²) in [4.78, 5) is 35.2. The molecule has 2 N–H and O–H groups in total. The molecule has 8 heteroatoms. The lowest BCUT2D eigenvalue weighted by atomic mass is 10.2. The van der Waals surface area contributed by atoms with Gasteiger partial charge >= 0.3 is 5.97 Å². The molecule has 2 rings (SSSR count). The van der Waals surface area contributed by atoms with Gasteiger partial charge in [0.15, 0.2) is 6.61 Å². The highest BCUT2D eigenvalue weighted by atomic mass is 35.5. The third-order valence-corrected chi connectivity index (χ3v) is 3.73. The zero-order valence-corrected chi connectivity index (χ0v) is 15.1. The molecule has 0 aliphatic heterocycles. The zero-order chi connectivity index (χ0) is 18.9. The number of amides is 2. The van der Waals surface area contributed by atoms with Gasteiger partial charge in [0, 0.05) is 17.1 Å². The molecule has 2 amide bonds. The first-order valence-electron chi connectivity index (χ1n) is 7.69. The van der Waals surface area contributed by atoms with Crippen LogP contribution in [0.5, 0.6) is 0 Å². The van der Waals surface area contributed by atoms with E-state index in [1.807, 2.05) is 6.07 Å². The normalized spacial score (nSPS) is 10.1. The monoisotopic (exact) mass is 394 g/mol. The Morgan fingerprint density at radius 3 is 2.31 bits per heavy atom. The van der Waals surface area contributed by atoms with Gasteiger partial charge in [0.25, 0.3) is 5.91 Å². The van der Waals surface area contributed by atoms with Gasteiger partial charge in [-0.25, -0.2) is 0 Å². The van der Waals surface area contributed by atoms with Gasteiger partial charge in [0.2, 0.25) is 5.91 Å². The van der Waals surface area contributed by atoms with E-state index in [1.54, 1.807) is 36.4 Å². The van der Waals surface area contributed by atoms with Crippen molar-refractivity contribution in [2.75, 3.05) is 17.2 Å². The van der Waals surface area contributed by atoms with Gasteiger partial charge in [-0.05, 0) is 30.3 Å². The Balaban J connectivity index is 1.69. The van der Waals surface area contributed by atoms with E-state index in [9.17, 15) is 14.4 Å². The van der Waals surface area contributed by atoms with E-state index >= 15 is 0 Å². The molecule has 26 heavy (non-hydrogen) atoms. The summed E-state index contributed by atoms with van der Waals surface area (Å²) in [5, 5.41) is 5.91. The van der Waals surface area contributed by atoms with Gasteiger partial charge in [0.1, 0.15) is 0 Å². The lowest BCUT2D eigenvalue weighted by Crippen LogP contribution is -2.21. The van der Waals surface area contributed by atoms with Crippen LogP contribution in [-0.2, 0) is 19.1 Å². The van der Waals surface area contributed by atoms with Gasteiger partial charge < -0.3 is 15.4 Å². The van der Waals surface area contributed by atoms with Gasteiger partial charge in [-0.1, -0.05) is 41.4 Å². The summed E-state index contributed by atoms with van der Waals surface area (Å²) in [6.45, 7) is -0.418. The molecule has 6 nitrogen and oxygen atoms in total. The minimum atomic E-state index is -0.648. The fourth-order valence-electron chi connectivity index (χ4n) is 1.96. The summed E-state index contributed by atoms with van der Waals surface area (Å²) in [6.07, 6.45) is -0.256. The summed E-state index contributed by atoms with van der Waals surface area (Å²) >= 11 is 11.7. The van der Waals surface area contributed by atoms with Crippen LogP contribution in [0.2, 0.25) is 10.0 Å². The number of halogens is 2. The average molecular weight is 395 g/mol. The van der Waals surface area contributed by atoms with Crippen molar-refractivity contribution in [2.24, 2.45) is 0 Å². The van der Waals surface area contributed by atoms with Crippen LogP contribution in [-0.4, -0.2) is 24.4 Å². The SMILES string of the molecule is O=C(COC(=O)CCC(=O)Nc1ccc(Cl)cc1Cl)Nc1ccccc1. The lowest BCUT2D eigenvalue weighted by molar-refractivity contribution is -0.147. The zero-order valence-electron chi connectivity index (χ0n) is 13.6. The Morgan fingerprint density at radius 1 is 0.885 bits per heavy atom. The second-order valence-electron chi connectivity index (χ2n) is 5.25. The van der Waals surface area contributed by atoms with Gasteiger partial charge in [-0.15, -0.1) is 0 Å². The van der Waals surface area contributed by atoms with E-state index in [1.165, 1.54) is 6.07 Å². The highest BCUT2D eigenvalue weighted by Gasteiger charge is 2.12. The quantitative estimate of drug-likeness (QED) is 0.697. The fourth-order valence-corrected chi connectivity index (χ4v) is 2.41. The number of ether oxygens (including phenoxy) is 1. The third kappa shape index (κ3) is 6.74. The van der Waals surface area contributed by atoms with Crippen molar-refractivity contribution in [1.29, 1.82) is 0 Å². The van der Waals surface area contributed by atoms with Crippen LogP contribution in [0.3, 0.4) is 0 Å². The Morgan fingerprint density at radius 2 is 1.62 bits per heavy atom. The molecule has 0 aliphatic carbocycles. The second-order valence-corrected chi connectivity index (χ2v) is 6.09. The number of benzene rings is 2. The van der Waals surface area contributed by atoms with Gasteiger partial charge in [-0.2, -0.15) is 0 Å². The number of carbonyl (C=O) groups excluding carboxylic acids is 3. The average Bonchev–Trinajstić information content (AvgIpc) is 2.61. The highest BCUT2D eigenvalue weighted by Crippen LogP contribution is 2.25. The van der Waals surface area contributed by atoms with Crippen LogP contribution >= 0.6 is 23.2 Å². The number of anilines is 2. The van der Waals surface area contributed by atoms with E-state index < -0.39 is 24.4 Å². The Hall–Kier alpha value is -2.57. The molecule has 0 fully saturated rings. The molecule has 2 aromatic rings. The molecular weight excluding hydrogens is 379 g/mol. The lowest BCUT2D eigenvalue weighted by Gasteiger charge is -2.08. The van der Waals surface area contributed by atoms with Crippen LogP contribution in [0.4, 0.5) is 11.4 Å². The predicted octanol–water partition coefficient (Wildman–Crippen LogP) is 3.89. The Labute approximate surface area is 160 Å². The summed E-state index contributed by atoms with van der Waals surface area (Å²) < 4.78 is 4.84. The number of para-hydroxylation sites is 1. The van der Waals surface area contributed by atoms with Crippen molar-refractivity contribution < 1.29 is 19.1 Å². The molecule has 0 spiro atoms. The number of hydrogen-bond donors (Lipinski definition) is 2. The molecule has 0 aromatic heterocycles. The van der Waals surface area contributed by atoms with E-state index in [0.29, 0.717) is 21.4 Å². The molecule has 0 heterocycles. The molecule has 0 saturated carbocycles. The van der Waals surface area contributed by atoms with Crippen molar-refractivity contribution >= 4 is 52.4 Å². The van der Waals surface area contributed by atoms with Gasteiger partial charge in [0.05, 0.1) is 17.1 Å². The number of rotatable bonds is 7. The minimum Gasteiger partial charge on any atom is -0.456 e. The van der Waals surface area contributed by atoms with Crippen molar-refractivity contribution in [3.05, 3.63) is 58.6 Å². The number of hydrogen-bond acceptors (Lipinski definition) is 4. The molecule has 0 atom stereocenters. The molecule has 0 aliphatic rings. The van der Waals surface area contributed by atoms with Crippen molar-refractivity contribution in [3.8, 4) is 0 Å². The Kier molecular flexibility index (Phi) is 7.44. The molecule has 0 bridgehead atoms. The summed E-state index contributed by atoms with van der Waals surface area (Å²) in [5.41, 5.74) is 1.00. The van der Waals surface area contributed by atoms with Crippen molar-refractivity contribution in [2.45, 2.75) is 12.8 Å². The first-order chi connectivity index (χ1) is 12.4. The minimum absolute atomic E-state index is 0.0991. The third-order valence-electron chi connectivity index (χ3n) is 3.18. The maximum atomic E-state index is 11.8. The fraction of sp³-hybridized carbons (Fsp3) is 0.167. The maximum absolute atomic E-state index is 11.8. The number of carbonyl (C=O) groups is 3. The molecule has 0 radical (unpaired) electrons. The standard InChI is InChI=1S/C18H16Cl2N2O4/c19-12-6-7-15(14(20)10-12)22-16(23)8-9-18(25)26-11-17(24)21-13-4-2-1-3-5-13/h1-7,10H,8-9,11H2,(H,21,24)(H,22,23). The number of nitrogens with one attached hydrogen (secondary N) is 2. The molecule has 136 valence electrons. The topological polar surface area (TPSA) is 84.5 Å². The van der Waals surface area contributed by atoms with E-state index in [4.69, 9.17) is 27.9 Å².